The summed E-state index contributed by atoms with van der Waals surface area (Å²) in [6, 6.07) is 0. The highest BCUT2D eigenvalue weighted by atomic mass is 31.2. The highest BCUT2D eigenvalue weighted by molar-refractivity contribution is 7.46. The molecule has 3 rings (SSSR count). The van der Waals surface area contributed by atoms with Crippen molar-refractivity contribution in [3.8, 4) is 11.8 Å². The number of unbranched alkanes of at least 4 members (excludes halogenated alkanes) is 3. The van der Waals surface area contributed by atoms with Crippen LogP contribution in [0.25, 0.3) is 11.2 Å². The van der Waals surface area contributed by atoms with Crippen LogP contribution < -0.4 is 5.73 Å². The predicted molar refractivity (Wildman–Crippen MR) is 105 cm³/mol. The fourth-order valence-corrected chi connectivity index (χ4v) is 3.39. The third kappa shape index (κ3) is 5.14. The van der Waals surface area contributed by atoms with Crippen LogP contribution in [0.5, 0.6) is 0 Å². The maximum Gasteiger partial charge on any atom is 0.469 e. The lowest BCUT2D eigenvalue weighted by molar-refractivity contribution is -0.0504. The Morgan fingerprint density at radius 1 is 1.30 bits per heavy atom. The Balaban J connectivity index is 1.84. The third-order valence-electron chi connectivity index (χ3n) is 4.57. The Bertz CT molecular complexity index is 998. The molecule has 0 radical (unpaired) electrons. The first-order chi connectivity index (χ1) is 14.2. The minimum Gasteiger partial charge on any atom is -0.387 e. The van der Waals surface area contributed by atoms with Crippen molar-refractivity contribution in [2.45, 2.75) is 57.1 Å². The van der Waals surface area contributed by atoms with Crippen LogP contribution in [0.15, 0.2) is 6.33 Å². The minimum absolute atomic E-state index is 0.103. The van der Waals surface area contributed by atoms with E-state index in [0.717, 1.165) is 19.3 Å². The number of aromatic nitrogens is 4. The standard InChI is InChI=1S/C17H24N5O7P/c1-2-3-4-5-6-7-11-20-15(18)12-16(21-11)22(9-19-12)17-14(24)13(23)10(29-17)8-28-30(25,26)27/h9-10,13-14,17,23-24H,2-5,8H2,1H3,(H2,18,20,21)(H2,25,26,27)/t10-,13-,14-,17-/m1/s1. The molecule has 0 aliphatic carbocycles. The van der Waals surface area contributed by atoms with Crippen molar-refractivity contribution in [3.63, 3.8) is 0 Å². The van der Waals surface area contributed by atoms with Gasteiger partial charge in [0.1, 0.15) is 23.8 Å². The molecule has 13 heteroatoms. The zero-order valence-corrected chi connectivity index (χ0v) is 17.1. The summed E-state index contributed by atoms with van der Waals surface area (Å²) in [6.45, 7) is 1.49. The fraction of sp³-hybridized carbons (Fsp3) is 0.588. The van der Waals surface area contributed by atoms with E-state index in [1.807, 2.05) is 0 Å². The molecule has 1 aliphatic rings. The Kier molecular flexibility index (Phi) is 7.05. The first-order valence-corrected chi connectivity index (χ1v) is 10.9. The molecule has 1 aliphatic heterocycles. The Labute approximate surface area is 172 Å². The van der Waals surface area contributed by atoms with Crippen molar-refractivity contribution < 1.29 is 33.8 Å². The van der Waals surface area contributed by atoms with Crippen molar-refractivity contribution in [1.82, 2.24) is 19.5 Å². The SMILES string of the molecule is CCCCCC#Cc1nc(N)c2ncn([C@@H]3O[C@H](COP(=O)(O)O)[C@@H](O)[C@H]3O)c2n1. The van der Waals surface area contributed by atoms with E-state index in [2.05, 4.69) is 38.2 Å². The van der Waals surface area contributed by atoms with Gasteiger partial charge in [0.15, 0.2) is 17.7 Å². The molecular weight excluding hydrogens is 417 g/mol. The molecule has 0 unspecified atom stereocenters. The highest BCUT2D eigenvalue weighted by Gasteiger charge is 2.45. The average Bonchev–Trinajstić information content (AvgIpc) is 3.21. The molecule has 0 spiro atoms. The zero-order chi connectivity index (χ0) is 21.9. The van der Waals surface area contributed by atoms with Gasteiger partial charge in [-0.25, -0.2) is 19.5 Å². The van der Waals surface area contributed by atoms with Gasteiger partial charge in [0.05, 0.1) is 12.9 Å². The summed E-state index contributed by atoms with van der Waals surface area (Å²) in [5.74, 6) is 6.14. The van der Waals surface area contributed by atoms with Crippen LogP contribution in [0.4, 0.5) is 5.82 Å². The molecule has 1 saturated heterocycles. The van der Waals surface area contributed by atoms with Gasteiger partial charge in [0.2, 0.25) is 5.82 Å². The van der Waals surface area contributed by atoms with E-state index >= 15 is 0 Å². The fourth-order valence-electron chi connectivity index (χ4n) is 3.05. The Morgan fingerprint density at radius 2 is 2.07 bits per heavy atom. The lowest BCUT2D eigenvalue weighted by atomic mass is 10.1. The van der Waals surface area contributed by atoms with Crippen molar-refractivity contribution in [2.75, 3.05) is 12.3 Å². The molecule has 12 nitrogen and oxygen atoms in total. The second-order valence-corrected chi connectivity index (χ2v) is 8.09. The van der Waals surface area contributed by atoms with Gasteiger partial charge in [0.25, 0.3) is 0 Å². The number of fused-ring (bicyclic) bond motifs is 1. The zero-order valence-electron chi connectivity index (χ0n) is 16.2. The highest BCUT2D eigenvalue weighted by Crippen LogP contribution is 2.38. The average molecular weight is 441 g/mol. The summed E-state index contributed by atoms with van der Waals surface area (Å²) in [5.41, 5.74) is 6.47. The number of phosphoric ester groups is 1. The molecule has 164 valence electrons. The molecule has 4 atom stereocenters. The molecule has 1 fully saturated rings. The number of imidazole rings is 1. The first kappa shape index (κ1) is 22.6. The van der Waals surface area contributed by atoms with Crippen LogP contribution in [0, 0.1) is 11.8 Å². The maximum atomic E-state index is 10.9. The van der Waals surface area contributed by atoms with E-state index < -0.39 is 39.0 Å². The normalized spacial score (nSPS) is 24.2. The predicted octanol–water partition coefficient (Wildman–Crippen LogP) is 0.0688. The summed E-state index contributed by atoms with van der Waals surface area (Å²) in [7, 11) is -4.76. The van der Waals surface area contributed by atoms with E-state index in [0.29, 0.717) is 6.42 Å². The number of anilines is 1. The van der Waals surface area contributed by atoms with Gasteiger partial charge < -0.3 is 30.5 Å². The largest absolute Gasteiger partial charge is 0.469 e. The Morgan fingerprint density at radius 3 is 2.77 bits per heavy atom. The topological polar surface area (TPSA) is 186 Å². The monoisotopic (exact) mass is 441 g/mol. The molecule has 2 aromatic rings. The van der Waals surface area contributed by atoms with Gasteiger partial charge in [0, 0.05) is 6.42 Å². The number of nitrogen functional groups attached to an aromatic ring is 1. The van der Waals surface area contributed by atoms with Crippen LogP contribution in [0.1, 0.15) is 44.7 Å². The maximum absolute atomic E-state index is 10.9. The number of phosphoric acid groups is 1. The number of hydrogen-bond acceptors (Lipinski definition) is 9. The van der Waals surface area contributed by atoms with E-state index in [4.69, 9.17) is 20.3 Å². The van der Waals surface area contributed by atoms with Crippen LogP contribution in [-0.2, 0) is 13.8 Å². The lowest BCUT2D eigenvalue weighted by Crippen LogP contribution is -2.33. The van der Waals surface area contributed by atoms with Crippen LogP contribution in [0.3, 0.4) is 0 Å². The number of aliphatic hydroxyl groups is 2. The number of hydrogen-bond donors (Lipinski definition) is 5. The smallest absolute Gasteiger partial charge is 0.387 e. The quantitative estimate of drug-likeness (QED) is 0.222. The Hall–Kier alpha value is -2.10. The number of nitrogens with two attached hydrogens (primary N) is 1. The summed E-state index contributed by atoms with van der Waals surface area (Å²) in [5, 5.41) is 20.5. The number of ether oxygens (including phenoxy) is 1. The van der Waals surface area contributed by atoms with Gasteiger partial charge in [-0.15, -0.1) is 0 Å². The molecule has 0 aromatic carbocycles. The van der Waals surface area contributed by atoms with Crippen molar-refractivity contribution in [1.29, 1.82) is 0 Å². The lowest BCUT2D eigenvalue weighted by Gasteiger charge is -2.16. The van der Waals surface area contributed by atoms with Crippen LogP contribution in [0.2, 0.25) is 0 Å². The van der Waals surface area contributed by atoms with Crippen molar-refractivity contribution >= 4 is 24.8 Å². The summed E-state index contributed by atoms with van der Waals surface area (Å²) in [4.78, 5) is 30.3. The van der Waals surface area contributed by atoms with E-state index in [-0.39, 0.29) is 22.8 Å². The summed E-state index contributed by atoms with van der Waals surface area (Å²) < 4.78 is 22.2. The third-order valence-corrected chi connectivity index (χ3v) is 5.06. The molecule has 2 aromatic heterocycles. The van der Waals surface area contributed by atoms with Gasteiger partial charge in [-0.3, -0.25) is 9.09 Å². The van der Waals surface area contributed by atoms with E-state index in [1.165, 1.54) is 10.9 Å². The van der Waals surface area contributed by atoms with Crippen LogP contribution in [-0.4, -0.2) is 64.4 Å². The van der Waals surface area contributed by atoms with E-state index in [1.54, 1.807) is 0 Å². The summed E-state index contributed by atoms with van der Waals surface area (Å²) in [6.07, 6.45) is -0.0164. The van der Waals surface area contributed by atoms with Crippen molar-refractivity contribution in [3.05, 3.63) is 12.2 Å². The van der Waals surface area contributed by atoms with Gasteiger partial charge in [-0.05, 0) is 12.3 Å². The first-order valence-electron chi connectivity index (χ1n) is 9.42. The molecule has 30 heavy (non-hydrogen) atoms. The second kappa shape index (κ2) is 9.36. The van der Waals surface area contributed by atoms with Gasteiger partial charge in [-0.1, -0.05) is 25.7 Å². The minimum atomic E-state index is -4.76. The molecule has 0 bridgehead atoms. The second-order valence-electron chi connectivity index (χ2n) is 6.85. The molecular formula is C17H24N5O7P. The van der Waals surface area contributed by atoms with Crippen LogP contribution >= 0.6 is 7.82 Å². The molecule has 3 heterocycles. The van der Waals surface area contributed by atoms with Gasteiger partial charge in [-0.2, -0.15) is 0 Å². The molecule has 6 N–H and O–H groups in total. The van der Waals surface area contributed by atoms with Gasteiger partial charge >= 0.3 is 7.82 Å². The van der Waals surface area contributed by atoms with E-state index in [9.17, 15) is 14.8 Å². The van der Waals surface area contributed by atoms with Crippen molar-refractivity contribution in [2.24, 2.45) is 0 Å². The summed E-state index contributed by atoms with van der Waals surface area (Å²) >= 11 is 0. The molecule has 0 saturated carbocycles. The number of nitrogens with zero attached hydrogens (tertiary/aromatic N) is 4. The number of aliphatic hydroxyl groups excluding tert-OH is 2. The number of rotatable bonds is 7. The molecule has 0 amide bonds.